The van der Waals surface area contributed by atoms with Crippen LogP contribution < -0.4 is 19.5 Å². The summed E-state index contributed by atoms with van der Waals surface area (Å²) in [7, 11) is 0. The van der Waals surface area contributed by atoms with Crippen LogP contribution in [0.25, 0.3) is 6.08 Å². The van der Waals surface area contributed by atoms with Gasteiger partial charge in [0.15, 0.2) is 11.5 Å². The van der Waals surface area contributed by atoms with Gasteiger partial charge in [-0.15, -0.1) is 0 Å². The molecule has 1 aromatic heterocycles. The van der Waals surface area contributed by atoms with Crippen LogP contribution in [-0.2, 0) is 4.79 Å². The number of rotatable bonds is 11. The van der Waals surface area contributed by atoms with Gasteiger partial charge in [0.25, 0.3) is 5.91 Å². The molecule has 0 saturated heterocycles. The van der Waals surface area contributed by atoms with Crippen molar-refractivity contribution in [3.8, 4) is 23.3 Å². The van der Waals surface area contributed by atoms with E-state index in [1.807, 2.05) is 50.4 Å². The normalized spacial score (nSPS) is 10.9. The minimum absolute atomic E-state index is 0.0662. The SMILES string of the molecule is CCOc1cc(/C=C(/C#N)C(=O)Nc2nc(SC)ns2)ccc1OCCOc1ccc(C)cc1. The molecule has 10 heteroatoms. The van der Waals surface area contributed by atoms with Crippen molar-refractivity contribution >= 4 is 40.4 Å². The van der Waals surface area contributed by atoms with Crippen molar-refractivity contribution in [1.29, 1.82) is 5.26 Å². The van der Waals surface area contributed by atoms with Crippen molar-refractivity contribution in [3.05, 3.63) is 59.2 Å². The van der Waals surface area contributed by atoms with Gasteiger partial charge >= 0.3 is 0 Å². The third-order valence-corrected chi connectivity index (χ3v) is 5.68. The molecule has 0 aliphatic carbocycles. The summed E-state index contributed by atoms with van der Waals surface area (Å²) in [5.74, 6) is 1.28. The Morgan fingerprint density at radius 3 is 2.59 bits per heavy atom. The van der Waals surface area contributed by atoms with Crippen LogP contribution in [0.3, 0.4) is 0 Å². The molecule has 0 bridgehead atoms. The highest BCUT2D eigenvalue weighted by Gasteiger charge is 2.14. The zero-order chi connectivity index (χ0) is 24.3. The fourth-order valence-corrected chi connectivity index (χ4v) is 3.89. The largest absolute Gasteiger partial charge is 0.490 e. The molecular weight excluding hydrogens is 472 g/mol. The van der Waals surface area contributed by atoms with Crippen LogP contribution in [0.5, 0.6) is 17.2 Å². The summed E-state index contributed by atoms with van der Waals surface area (Å²) in [4.78, 5) is 16.6. The van der Waals surface area contributed by atoms with Crippen molar-refractivity contribution in [2.24, 2.45) is 0 Å². The van der Waals surface area contributed by atoms with Gasteiger partial charge in [-0.2, -0.15) is 14.6 Å². The molecule has 34 heavy (non-hydrogen) atoms. The van der Waals surface area contributed by atoms with Crippen molar-refractivity contribution in [1.82, 2.24) is 9.36 Å². The minimum atomic E-state index is -0.558. The van der Waals surface area contributed by atoms with Gasteiger partial charge in [-0.3, -0.25) is 10.1 Å². The topological polar surface area (TPSA) is 106 Å². The zero-order valence-electron chi connectivity index (χ0n) is 19.0. The Morgan fingerprint density at radius 1 is 1.15 bits per heavy atom. The van der Waals surface area contributed by atoms with Crippen molar-refractivity contribution in [2.45, 2.75) is 19.0 Å². The Morgan fingerprint density at radius 2 is 1.91 bits per heavy atom. The van der Waals surface area contributed by atoms with Crippen LogP contribution in [0.2, 0.25) is 0 Å². The molecule has 176 valence electrons. The number of thioether (sulfide) groups is 1. The third kappa shape index (κ3) is 7.23. The Bertz CT molecular complexity index is 1190. The number of nitriles is 1. The van der Waals surface area contributed by atoms with Gasteiger partial charge in [-0.1, -0.05) is 35.5 Å². The van der Waals surface area contributed by atoms with Crippen LogP contribution in [0.15, 0.2) is 53.2 Å². The van der Waals surface area contributed by atoms with Crippen molar-refractivity contribution in [2.75, 3.05) is 31.4 Å². The number of amides is 1. The average Bonchev–Trinajstić information content (AvgIpc) is 3.30. The lowest BCUT2D eigenvalue weighted by molar-refractivity contribution is -0.112. The summed E-state index contributed by atoms with van der Waals surface area (Å²) < 4.78 is 21.3. The molecule has 0 aliphatic heterocycles. The number of hydrogen-bond donors (Lipinski definition) is 1. The number of aromatic nitrogens is 2. The van der Waals surface area contributed by atoms with E-state index in [2.05, 4.69) is 14.7 Å². The van der Waals surface area contributed by atoms with E-state index in [0.717, 1.165) is 17.3 Å². The second kappa shape index (κ2) is 12.6. The monoisotopic (exact) mass is 496 g/mol. The van der Waals surface area contributed by atoms with E-state index in [4.69, 9.17) is 14.2 Å². The first-order chi connectivity index (χ1) is 16.5. The van der Waals surface area contributed by atoms with Crippen LogP contribution in [0, 0.1) is 18.3 Å². The molecule has 0 spiro atoms. The molecule has 0 saturated carbocycles. The first kappa shape index (κ1) is 25.1. The van der Waals surface area contributed by atoms with Gasteiger partial charge < -0.3 is 14.2 Å². The van der Waals surface area contributed by atoms with Gasteiger partial charge in [0.05, 0.1) is 6.61 Å². The highest BCUT2D eigenvalue weighted by Crippen LogP contribution is 2.29. The maximum absolute atomic E-state index is 12.5. The lowest BCUT2D eigenvalue weighted by Gasteiger charge is -2.13. The minimum Gasteiger partial charge on any atom is -0.490 e. The lowest BCUT2D eigenvalue weighted by atomic mass is 10.1. The van der Waals surface area contributed by atoms with Crippen LogP contribution in [-0.4, -0.2) is 41.3 Å². The summed E-state index contributed by atoms with van der Waals surface area (Å²) in [6, 6.07) is 14.9. The van der Waals surface area contributed by atoms with E-state index in [-0.39, 0.29) is 5.57 Å². The average molecular weight is 497 g/mol. The van der Waals surface area contributed by atoms with Gasteiger partial charge in [0.2, 0.25) is 10.3 Å². The summed E-state index contributed by atoms with van der Waals surface area (Å²) in [5, 5.41) is 13.0. The number of ether oxygens (including phenoxy) is 3. The smallest absolute Gasteiger partial charge is 0.268 e. The molecule has 1 heterocycles. The predicted octanol–water partition coefficient (Wildman–Crippen LogP) is 4.97. The molecule has 0 radical (unpaired) electrons. The summed E-state index contributed by atoms with van der Waals surface area (Å²) >= 11 is 2.43. The quantitative estimate of drug-likeness (QED) is 0.172. The predicted molar refractivity (Wildman–Crippen MR) is 134 cm³/mol. The maximum atomic E-state index is 12.5. The van der Waals surface area contributed by atoms with Crippen LogP contribution in [0.1, 0.15) is 18.1 Å². The third-order valence-electron chi connectivity index (χ3n) is 4.38. The number of aryl methyl sites for hydroxylation is 1. The Hall–Kier alpha value is -3.55. The first-order valence-electron chi connectivity index (χ1n) is 10.4. The van der Waals surface area contributed by atoms with E-state index in [9.17, 15) is 10.1 Å². The Labute approximate surface area is 206 Å². The van der Waals surface area contributed by atoms with Crippen molar-refractivity contribution in [3.63, 3.8) is 0 Å². The van der Waals surface area contributed by atoms with E-state index in [1.165, 1.54) is 23.4 Å². The van der Waals surface area contributed by atoms with Gasteiger partial charge in [-0.05, 0) is 56.0 Å². The van der Waals surface area contributed by atoms with Gasteiger partial charge in [0.1, 0.15) is 30.6 Å². The van der Waals surface area contributed by atoms with Crippen LogP contribution in [0.4, 0.5) is 5.13 Å². The number of benzene rings is 2. The van der Waals surface area contributed by atoms with Gasteiger partial charge in [-0.25, -0.2) is 0 Å². The number of carbonyl (C=O) groups is 1. The number of anilines is 1. The molecule has 0 unspecified atom stereocenters. The molecule has 0 aliphatic rings. The summed E-state index contributed by atoms with van der Waals surface area (Å²) in [6.45, 7) is 5.02. The summed E-state index contributed by atoms with van der Waals surface area (Å²) in [5.41, 5.74) is 1.73. The molecule has 0 fully saturated rings. The van der Waals surface area contributed by atoms with Crippen LogP contribution >= 0.6 is 23.3 Å². The highest BCUT2D eigenvalue weighted by atomic mass is 32.2. The molecule has 1 amide bonds. The second-order valence-corrected chi connectivity index (χ2v) is 8.38. The standard InChI is InChI=1S/C24H24N4O4S2/c1-4-30-21-14-17(13-18(15-25)22(29)26-23-27-24(33-3)28-34-23)7-10-20(21)32-12-11-31-19-8-5-16(2)6-9-19/h5-10,13-14H,4,11-12H2,1-3H3,(H,26,27,28,29)/b18-13-. The van der Waals surface area contributed by atoms with E-state index < -0.39 is 5.91 Å². The Kier molecular flexibility index (Phi) is 9.31. The zero-order valence-corrected chi connectivity index (χ0v) is 20.7. The highest BCUT2D eigenvalue weighted by molar-refractivity contribution is 7.98. The fourth-order valence-electron chi connectivity index (χ4n) is 2.77. The number of carbonyl (C=O) groups excluding carboxylic acids is 1. The van der Waals surface area contributed by atoms with E-state index in [1.54, 1.807) is 18.2 Å². The maximum Gasteiger partial charge on any atom is 0.268 e. The Balaban J connectivity index is 1.65. The molecule has 0 atom stereocenters. The van der Waals surface area contributed by atoms with Crippen molar-refractivity contribution < 1.29 is 19.0 Å². The summed E-state index contributed by atoms with van der Waals surface area (Å²) in [6.07, 6.45) is 3.33. The molecule has 8 nitrogen and oxygen atoms in total. The molecule has 3 rings (SSSR count). The van der Waals surface area contributed by atoms with E-state index >= 15 is 0 Å². The number of hydrogen-bond acceptors (Lipinski definition) is 9. The van der Waals surface area contributed by atoms with E-state index in [0.29, 0.717) is 47.2 Å². The lowest BCUT2D eigenvalue weighted by Crippen LogP contribution is -2.13. The number of nitrogens with one attached hydrogen (secondary N) is 1. The van der Waals surface area contributed by atoms with Gasteiger partial charge in [0, 0.05) is 11.5 Å². The first-order valence-corrected chi connectivity index (χ1v) is 12.4. The number of nitrogens with zero attached hydrogens (tertiary/aromatic N) is 3. The molecule has 1 N–H and O–H groups in total. The molecule has 2 aromatic carbocycles. The molecular formula is C24H24N4O4S2. The molecule has 3 aromatic rings. The second-order valence-electron chi connectivity index (χ2n) is 6.86. The fraction of sp³-hybridized carbons (Fsp3) is 0.250.